The minimum absolute atomic E-state index is 0.0319. The van der Waals surface area contributed by atoms with E-state index in [1.54, 1.807) is 7.11 Å². The van der Waals surface area contributed by atoms with E-state index in [0.29, 0.717) is 6.04 Å². The average Bonchev–Trinajstić information content (AvgIpc) is 2.51. The van der Waals surface area contributed by atoms with E-state index >= 15 is 0 Å². The predicted molar refractivity (Wildman–Crippen MR) is 84.1 cm³/mol. The van der Waals surface area contributed by atoms with E-state index in [4.69, 9.17) is 4.74 Å². The molecule has 1 aliphatic rings. The molecule has 0 bridgehead atoms. The van der Waals surface area contributed by atoms with Gasteiger partial charge in [0.2, 0.25) is 0 Å². The normalized spacial score (nSPS) is 23.5. The first-order valence-corrected chi connectivity index (χ1v) is 7.86. The molecule has 0 aliphatic heterocycles. The third-order valence-corrected chi connectivity index (χ3v) is 4.14. The van der Waals surface area contributed by atoms with Crippen LogP contribution >= 0.6 is 0 Å². The van der Waals surface area contributed by atoms with Crippen LogP contribution in [0.15, 0.2) is 30.3 Å². The van der Waals surface area contributed by atoms with E-state index in [-0.39, 0.29) is 11.9 Å². The zero-order valence-corrected chi connectivity index (χ0v) is 13.0. The van der Waals surface area contributed by atoms with Crippen LogP contribution in [0.1, 0.15) is 44.3 Å². The number of hydrogen-bond acceptors (Lipinski definition) is 3. The molecular formula is C17H26N2O2. The monoisotopic (exact) mass is 290 g/mol. The molecule has 1 aliphatic carbocycles. The largest absolute Gasteiger partial charge is 0.367 e. The number of ether oxygens (including phenoxy) is 1. The van der Waals surface area contributed by atoms with Gasteiger partial charge in [0, 0.05) is 19.2 Å². The van der Waals surface area contributed by atoms with Crippen LogP contribution in [0.2, 0.25) is 0 Å². The molecule has 1 atom stereocenters. The van der Waals surface area contributed by atoms with Crippen LogP contribution < -0.4 is 10.6 Å². The van der Waals surface area contributed by atoms with Gasteiger partial charge in [0.05, 0.1) is 0 Å². The van der Waals surface area contributed by atoms with E-state index in [0.717, 1.165) is 37.8 Å². The van der Waals surface area contributed by atoms with Gasteiger partial charge in [-0.3, -0.25) is 4.79 Å². The van der Waals surface area contributed by atoms with Crippen molar-refractivity contribution >= 4 is 5.91 Å². The van der Waals surface area contributed by atoms with Gasteiger partial charge in [-0.1, -0.05) is 37.3 Å². The first kappa shape index (κ1) is 16.0. The van der Waals surface area contributed by atoms with E-state index in [9.17, 15) is 4.79 Å². The number of methoxy groups -OCH3 is 1. The number of benzene rings is 1. The summed E-state index contributed by atoms with van der Waals surface area (Å²) in [6.45, 7) is 3.15. The van der Waals surface area contributed by atoms with Gasteiger partial charge in [-0.15, -0.1) is 0 Å². The number of hydrogen-bond donors (Lipinski definition) is 2. The molecule has 1 amide bonds. The Morgan fingerprint density at radius 3 is 2.38 bits per heavy atom. The molecule has 1 unspecified atom stereocenters. The second kappa shape index (κ2) is 8.15. The molecule has 21 heavy (non-hydrogen) atoms. The van der Waals surface area contributed by atoms with Crippen molar-refractivity contribution in [2.24, 2.45) is 0 Å². The van der Waals surface area contributed by atoms with Crippen molar-refractivity contribution < 1.29 is 9.53 Å². The molecular weight excluding hydrogens is 264 g/mol. The number of carbonyl (C=O) groups excluding carboxylic acids is 1. The second-order valence-corrected chi connectivity index (χ2v) is 5.64. The Balaban J connectivity index is 1.86. The van der Waals surface area contributed by atoms with Crippen LogP contribution in [-0.4, -0.2) is 31.6 Å². The Labute approximate surface area is 127 Å². The highest BCUT2D eigenvalue weighted by atomic mass is 16.5. The van der Waals surface area contributed by atoms with E-state index in [2.05, 4.69) is 17.6 Å². The van der Waals surface area contributed by atoms with E-state index in [1.165, 1.54) is 0 Å². The number of carbonyl (C=O) groups is 1. The lowest BCUT2D eigenvalue weighted by atomic mass is 9.91. The standard InChI is InChI=1S/C17H26N2O2/c1-3-18-14-9-11-15(12-10-14)19-17(20)16(21-2)13-7-5-4-6-8-13/h4-8,14-16,18H,3,9-12H2,1-2H3,(H,19,20). The van der Waals surface area contributed by atoms with Gasteiger partial charge in [0.25, 0.3) is 5.91 Å². The van der Waals surface area contributed by atoms with Gasteiger partial charge in [-0.25, -0.2) is 0 Å². The molecule has 4 nitrogen and oxygen atoms in total. The van der Waals surface area contributed by atoms with Crippen molar-refractivity contribution in [1.29, 1.82) is 0 Å². The summed E-state index contributed by atoms with van der Waals surface area (Å²) in [4.78, 5) is 12.4. The van der Waals surface area contributed by atoms with Gasteiger partial charge in [-0.2, -0.15) is 0 Å². The van der Waals surface area contributed by atoms with Crippen molar-refractivity contribution in [3.05, 3.63) is 35.9 Å². The van der Waals surface area contributed by atoms with Crippen molar-refractivity contribution in [2.75, 3.05) is 13.7 Å². The van der Waals surface area contributed by atoms with Gasteiger partial charge in [0.1, 0.15) is 0 Å². The van der Waals surface area contributed by atoms with Crippen LogP contribution in [0.4, 0.5) is 0 Å². The maximum atomic E-state index is 12.4. The molecule has 2 N–H and O–H groups in total. The fourth-order valence-corrected chi connectivity index (χ4v) is 3.03. The summed E-state index contributed by atoms with van der Waals surface area (Å²) in [6, 6.07) is 10.5. The van der Waals surface area contributed by atoms with Gasteiger partial charge < -0.3 is 15.4 Å². The smallest absolute Gasteiger partial charge is 0.253 e. The van der Waals surface area contributed by atoms with E-state index < -0.39 is 6.10 Å². The molecule has 0 spiro atoms. The molecule has 2 rings (SSSR count). The lowest BCUT2D eigenvalue weighted by molar-refractivity contribution is -0.132. The highest BCUT2D eigenvalue weighted by Gasteiger charge is 2.26. The highest BCUT2D eigenvalue weighted by Crippen LogP contribution is 2.21. The number of nitrogens with one attached hydrogen (secondary N) is 2. The third kappa shape index (κ3) is 4.55. The minimum atomic E-state index is -0.516. The van der Waals surface area contributed by atoms with Gasteiger partial charge >= 0.3 is 0 Å². The number of rotatable bonds is 6. The summed E-state index contributed by atoms with van der Waals surface area (Å²) in [5, 5.41) is 6.62. The van der Waals surface area contributed by atoms with Crippen LogP contribution in [0.5, 0.6) is 0 Å². The summed E-state index contributed by atoms with van der Waals surface area (Å²) in [7, 11) is 1.58. The van der Waals surface area contributed by atoms with Gasteiger partial charge in [-0.05, 0) is 37.8 Å². The second-order valence-electron chi connectivity index (χ2n) is 5.64. The molecule has 116 valence electrons. The molecule has 1 aromatic carbocycles. The predicted octanol–water partition coefficient (Wildman–Crippen LogP) is 2.41. The van der Waals surface area contributed by atoms with Crippen LogP contribution in [-0.2, 0) is 9.53 Å². The Kier molecular flexibility index (Phi) is 6.21. The lowest BCUT2D eigenvalue weighted by Crippen LogP contribution is -2.43. The Bertz CT molecular complexity index is 428. The number of amides is 1. The van der Waals surface area contributed by atoms with Crippen LogP contribution in [0.3, 0.4) is 0 Å². The van der Waals surface area contributed by atoms with Crippen molar-refractivity contribution in [1.82, 2.24) is 10.6 Å². The topological polar surface area (TPSA) is 50.4 Å². The third-order valence-electron chi connectivity index (χ3n) is 4.14. The first-order chi connectivity index (χ1) is 10.2. The SMILES string of the molecule is CCNC1CCC(NC(=O)C(OC)c2ccccc2)CC1. The Morgan fingerprint density at radius 1 is 1.19 bits per heavy atom. The molecule has 1 fully saturated rings. The fraction of sp³-hybridized carbons (Fsp3) is 0.588. The quantitative estimate of drug-likeness (QED) is 0.846. The van der Waals surface area contributed by atoms with Crippen molar-refractivity contribution in [2.45, 2.75) is 50.8 Å². The molecule has 1 saturated carbocycles. The molecule has 0 aromatic heterocycles. The zero-order valence-electron chi connectivity index (χ0n) is 13.0. The summed E-state index contributed by atoms with van der Waals surface area (Å²) in [5.74, 6) is -0.0319. The maximum absolute atomic E-state index is 12.4. The fourth-order valence-electron chi connectivity index (χ4n) is 3.03. The molecule has 0 heterocycles. The average molecular weight is 290 g/mol. The maximum Gasteiger partial charge on any atom is 0.253 e. The van der Waals surface area contributed by atoms with Gasteiger partial charge in [0.15, 0.2) is 6.10 Å². The van der Waals surface area contributed by atoms with Crippen LogP contribution in [0.25, 0.3) is 0 Å². The molecule has 0 saturated heterocycles. The van der Waals surface area contributed by atoms with Crippen LogP contribution in [0, 0.1) is 0 Å². The molecule has 4 heteroatoms. The Morgan fingerprint density at radius 2 is 1.81 bits per heavy atom. The first-order valence-electron chi connectivity index (χ1n) is 7.86. The lowest BCUT2D eigenvalue weighted by Gasteiger charge is -2.30. The van der Waals surface area contributed by atoms with E-state index in [1.807, 2.05) is 30.3 Å². The summed E-state index contributed by atoms with van der Waals surface area (Å²) in [5.41, 5.74) is 0.902. The van der Waals surface area contributed by atoms with Crippen molar-refractivity contribution in [3.63, 3.8) is 0 Å². The van der Waals surface area contributed by atoms with Crippen molar-refractivity contribution in [3.8, 4) is 0 Å². The molecule has 0 radical (unpaired) electrons. The highest BCUT2D eigenvalue weighted by molar-refractivity contribution is 5.82. The summed E-state index contributed by atoms with van der Waals surface area (Å²) >= 11 is 0. The summed E-state index contributed by atoms with van der Waals surface area (Å²) in [6.07, 6.45) is 3.81. The Hall–Kier alpha value is -1.39. The molecule has 1 aromatic rings. The summed E-state index contributed by atoms with van der Waals surface area (Å²) < 4.78 is 5.37. The minimum Gasteiger partial charge on any atom is -0.367 e. The zero-order chi connectivity index (χ0) is 15.1.